The Kier molecular flexibility index (Phi) is 8.04. The molecule has 0 heterocycles. The van der Waals surface area contributed by atoms with Gasteiger partial charge in [-0.3, -0.25) is 0 Å². The van der Waals surface area contributed by atoms with Crippen molar-refractivity contribution in [3.63, 3.8) is 0 Å². The Balaban J connectivity index is 2.22. The number of aliphatic hydroxyl groups is 1. The predicted molar refractivity (Wildman–Crippen MR) is 79.0 cm³/mol. The van der Waals surface area contributed by atoms with Crippen LogP contribution < -0.4 is 10.6 Å². The maximum atomic E-state index is 13.5. The first-order chi connectivity index (χ1) is 10.0. The van der Waals surface area contributed by atoms with Crippen molar-refractivity contribution in [3.8, 4) is 0 Å². The minimum Gasteiger partial charge on any atom is -0.391 e. The predicted octanol–water partition coefficient (Wildman–Crippen LogP) is 1.72. The number of carbonyl (C=O) groups is 1. The number of aliphatic hydroxyl groups excluding tert-OH is 1. The highest BCUT2D eigenvalue weighted by Crippen LogP contribution is 2.18. The summed E-state index contributed by atoms with van der Waals surface area (Å²) in [5, 5.41) is 14.9. The Morgan fingerprint density at radius 1 is 1.43 bits per heavy atom. The fraction of sp³-hybridized carbons (Fsp3) is 0.500. The molecule has 118 valence electrons. The lowest BCUT2D eigenvalue weighted by Gasteiger charge is -2.11. The number of amides is 2. The van der Waals surface area contributed by atoms with Crippen LogP contribution in [0.4, 0.5) is 9.18 Å². The Bertz CT molecular complexity index is 440. The SMILES string of the molecule is COCC(O)CCNC(=O)NCCc1c(F)cccc1Cl. The second-order valence-electron chi connectivity index (χ2n) is 4.53. The van der Waals surface area contributed by atoms with Gasteiger partial charge < -0.3 is 20.5 Å². The number of hydrogen-bond acceptors (Lipinski definition) is 3. The molecular formula is C14H20ClFN2O3. The van der Waals surface area contributed by atoms with E-state index in [1.54, 1.807) is 6.07 Å². The molecule has 1 atom stereocenters. The smallest absolute Gasteiger partial charge is 0.314 e. The van der Waals surface area contributed by atoms with Crippen LogP contribution in [0.15, 0.2) is 18.2 Å². The summed E-state index contributed by atoms with van der Waals surface area (Å²) in [6, 6.07) is 4.11. The van der Waals surface area contributed by atoms with Crippen LogP contribution in [0.5, 0.6) is 0 Å². The van der Waals surface area contributed by atoms with Gasteiger partial charge in [-0.2, -0.15) is 0 Å². The van der Waals surface area contributed by atoms with E-state index in [1.165, 1.54) is 19.2 Å². The van der Waals surface area contributed by atoms with Crippen LogP contribution in [0.3, 0.4) is 0 Å². The molecule has 0 aromatic heterocycles. The van der Waals surface area contributed by atoms with Gasteiger partial charge >= 0.3 is 6.03 Å². The van der Waals surface area contributed by atoms with Crippen molar-refractivity contribution in [1.29, 1.82) is 0 Å². The molecular weight excluding hydrogens is 299 g/mol. The lowest BCUT2D eigenvalue weighted by molar-refractivity contribution is 0.0599. The maximum Gasteiger partial charge on any atom is 0.314 e. The highest BCUT2D eigenvalue weighted by Gasteiger charge is 2.08. The minimum atomic E-state index is -0.604. The highest BCUT2D eigenvalue weighted by molar-refractivity contribution is 6.31. The summed E-state index contributed by atoms with van der Waals surface area (Å²) in [5.41, 5.74) is 0.384. The molecule has 0 fully saturated rings. The molecule has 2 amide bonds. The van der Waals surface area contributed by atoms with E-state index in [1.807, 2.05) is 0 Å². The highest BCUT2D eigenvalue weighted by atomic mass is 35.5. The van der Waals surface area contributed by atoms with Gasteiger partial charge in [-0.1, -0.05) is 17.7 Å². The molecule has 7 heteroatoms. The normalized spacial score (nSPS) is 12.0. The third kappa shape index (κ3) is 6.75. The van der Waals surface area contributed by atoms with Gasteiger partial charge in [0.25, 0.3) is 0 Å². The van der Waals surface area contributed by atoms with Crippen molar-refractivity contribution in [1.82, 2.24) is 10.6 Å². The Labute approximate surface area is 128 Å². The lowest BCUT2D eigenvalue weighted by atomic mass is 10.1. The molecule has 0 bridgehead atoms. The molecule has 0 aliphatic rings. The molecule has 0 spiro atoms. The van der Waals surface area contributed by atoms with Gasteiger partial charge in [-0.05, 0) is 25.0 Å². The van der Waals surface area contributed by atoms with Crippen LogP contribution in [0, 0.1) is 5.82 Å². The van der Waals surface area contributed by atoms with E-state index in [-0.39, 0.29) is 25.0 Å². The van der Waals surface area contributed by atoms with Gasteiger partial charge in [0.15, 0.2) is 0 Å². The van der Waals surface area contributed by atoms with Crippen molar-refractivity contribution in [3.05, 3.63) is 34.6 Å². The fourth-order valence-corrected chi connectivity index (χ4v) is 2.02. The second kappa shape index (κ2) is 9.55. The van der Waals surface area contributed by atoms with Crippen molar-refractivity contribution in [2.45, 2.75) is 18.9 Å². The molecule has 0 aliphatic heterocycles. The van der Waals surface area contributed by atoms with E-state index in [0.29, 0.717) is 30.0 Å². The Morgan fingerprint density at radius 2 is 2.14 bits per heavy atom. The lowest BCUT2D eigenvalue weighted by Crippen LogP contribution is -2.38. The number of hydrogen-bond donors (Lipinski definition) is 3. The number of nitrogens with one attached hydrogen (secondary N) is 2. The third-order valence-electron chi connectivity index (χ3n) is 2.84. The van der Waals surface area contributed by atoms with E-state index in [2.05, 4.69) is 10.6 Å². The van der Waals surface area contributed by atoms with Crippen LogP contribution in [-0.4, -0.2) is 44.0 Å². The van der Waals surface area contributed by atoms with Crippen LogP contribution in [0.2, 0.25) is 5.02 Å². The molecule has 1 rings (SSSR count). The quantitative estimate of drug-likeness (QED) is 0.683. The van der Waals surface area contributed by atoms with E-state index in [9.17, 15) is 14.3 Å². The second-order valence-corrected chi connectivity index (χ2v) is 4.94. The Morgan fingerprint density at radius 3 is 2.81 bits per heavy atom. The number of urea groups is 1. The van der Waals surface area contributed by atoms with Gasteiger partial charge in [0, 0.05) is 30.8 Å². The molecule has 1 aromatic carbocycles. The van der Waals surface area contributed by atoms with E-state index in [0.717, 1.165) is 0 Å². The molecule has 0 saturated carbocycles. The van der Waals surface area contributed by atoms with E-state index >= 15 is 0 Å². The van der Waals surface area contributed by atoms with Gasteiger partial charge in [-0.25, -0.2) is 9.18 Å². The first-order valence-electron chi connectivity index (χ1n) is 6.66. The zero-order valence-electron chi connectivity index (χ0n) is 11.9. The average Bonchev–Trinajstić information content (AvgIpc) is 2.42. The zero-order chi connectivity index (χ0) is 15.7. The molecule has 1 aromatic rings. The van der Waals surface area contributed by atoms with Gasteiger partial charge in [0.2, 0.25) is 0 Å². The number of ether oxygens (including phenoxy) is 1. The largest absolute Gasteiger partial charge is 0.391 e. The molecule has 5 nitrogen and oxygen atoms in total. The minimum absolute atomic E-state index is 0.231. The van der Waals surface area contributed by atoms with Gasteiger partial charge in [-0.15, -0.1) is 0 Å². The zero-order valence-corrected chi connectivity index (χ0v) is 12.6. The van der Waals surface area contributed by atoms with Gasteiger partial charge in [0.1, 0.15) is 5.82 Å². The summed E-state index contributed by atoms with van der Waals surface area (Å²) in [6.07, 6.45) is 0.110. The number of rotatable bonds is 8. The fourth-order valence-electron chi connectivity index (χ4n) is 1.76. The monoisotopic (exact) mass is 318 g/mol. The number of benzene rings is 1. The first kappa shape index (κ1) is 17.7. The molecule has 0 saturated heterocycles. The molecule has 0 aliphatic carbocycles. The first-order valence-corrected chi connectivity index (χ1v) is 7.04. The van der Waals surface area contributed by atoms with E-state index in [4.69, 9.17) is 16.3 Å². The molecule has 1 unspecified atom stereocenters. The summed E-state index contributed by atoms with van der Waals surface area (Å²) < 4.78 is 18.3. The van der Waals surface area contributed by atoms with Crippen LogP contribution in [-0.2, 0) is 11.2 Å². The molecule has 0 radical (unpaired) electrons. The third-order valence-corrected chi connectivity index (χ3v) is 3.20. The van der Waals surface area contributed by atoms with Crippen molar-refractivity contribution < 1.29 is 19.0 Å². The summed E-state index contributed by atoms with van der Waals surface area (Å²) >= 11 is 5.89. The van der Waals surface area contributed by atoms with Crippen molar-refractivity contribution >= 4 is 17.6 Å². The summed E-state index contributed by atoms with van der Waals surface area (Å²) in [6.45, 7) is 0.832. The summed E-state index contributed by atoms with van der Waals surface area (Å²) in [7, 11) is 1.50. The van der Waals surface area contributed by atoms with E-state index < -0.39 is 6.10 Å². The summed E-state index contributed by atoms with van der Waals surface area (Å²) in [4.78, 5) is 11.5. The molecule has 3 N–H and O–H groups in total. The van der Waals surface area contributed by atoms with Crippen LogP contribution in [0.25, 0.3) is 0 Å². The number of carbonyl (C=O) groups excluding carboxylic acids is 1. The van der Waals surface area contributed by atoms with Gasteiger partial charge in [0.05, 0.1) is 12.7 Å². The number of methoxy groups -OCH3 is 1. The topological polar surface area (TPSA) is 70.6 Å². The van der Waals surface area contributed by atoms with Crippen LogP contribution in [0.1, 0.15) is 12.0 Å². The maximum absolute atomic E-state index is 13.5. The van der Waals surface area contributed by atoms with Crippen molar-refractivity contribution in [2.75, 3.05) is 26.8 Å². The number of halogens is 2. The standard InChI is InChI=1S/C14H20ClFN2O3/c1-21-9-10(19)5-7-17-14(20)18-8-6-11-12(15)3-2-4-13(11)16/h2-4,10,19H,5-9H2,1H3,(H2,17,18,20). The Hall–Kier alpha value is -1.37. The average molecular weight is 319 g/mol. The van der Waals surface area contributed by atoms with Crippen LogP contribution >= 0.6 is 11.6 Å². The summed E-state index contributed by atoms with van der Waals surface area (Å²) in [5.74, 6) is -0.382. The molecule has 21 heavy (non-hydrogen) atoms. The van der Waals surface area contributed by atoms with Crippen molar-refractivity contribution in [2.24, 2.45) is 0 Å².